The van der Waals surface area contributed by atoms with Crippen LogP contribution >= 0.6 is 0 Å². The van der Waals surface area contributed by atoms with E-state index in [2.05, 4.69) is 28.6 Å². The molecule has 2 aromatic carbocycles. The Kier molecular flexibility index (Phi) is 10.7. The van der Waals surface area contributed by atoms with Gasteiger partial charge >= 0.3 is 6.03 Å². The van der Waals surface area contributed by atoms with Crippen LogP contribution < -0.4 is 15.5 Å². The maximum Gasteiger partial charge on any atom is 0.322 e. The molecule has 1 heterocycles. The second kappa shape index (κ2) is 14.4. The van der Waals surface area contributed by atoms with Crippen molar-refractivity contribution in [3.8, 4) is 6.07 Å². The molecular formula is C30H36N6O2. The summed E-state index contributed by atoms with van der Waals surface area (Å²) in [5, 5.41) is 15.5. The molecule has 2 N–H and O–H groups in total. The molecule has 0 spiro atoms. The number of pyridine rings is 1. The van der Waals surface area contributed by atoms with Crippen molar-refractivity contribution < 1.29 is 9.59 Å². The van der Waals surface area contributed by atoms with E-state index in [0.29, 0.717) is 24.2 Å². The minimum atomic E-state index is -0.186. The average molecular weight is 513 g/mol. The number of benzene rings is 2. The fourth-order valence-corrected chi connectivity index (χ4v) is 4.15. The molecule has 0 aliphatic rings. The molecular weight excluding hydrogens is 476 g/mol. The second-order valence-corrected chi connectivity index (χ2v) is 9.36. The molecule has 0 saturated carbocycles. The largest absolute Gasteiger partial charge is 0.367 e. The number of nitrogens with one attached hydrogen (secondary N) is 2. The molecule has 0 radical (unpaired) electrons. The quantitative estimate of drug-likeness (QED) is 0.337. The predicted octanol–water partition coefficient (Wildman–Crippen LogP) is 5.43. The van der Waals surface area contributed by atoms with Crippen LogP contribution in [-0.2, 0) is 6.54 Å². The number of nitriles is 1. The number of nitrogens with zero attached hydrogens (tertiary/aromatic N) is 4. The first-order valence-electron chi connectivity index (χ1n) is 12.9. The van der Waals surface area contributed by atoms with E-state index in [4.69, 9.17) is 5.26 Å². The van der Waals surface area contributed by atoms with Crippen LogP contribution in [0.1, 0.15) is 54.1 Å². The number of hydrogen-bond donors (Lipinski definition) is 2. The summed E-state index contributed by atoms with van der Waals surface area (Å²) in [6, 6.07) is 22.6. The summed E-state index contributed by atoms with van der Waals surface area (Å²) in [7, 11) is 3.43. The first-order chi connectivity index (χ1) is 18.4. The molecule has 1 atom stereocenters. The predicted molar refractivity (Wildman–Crippen MR) is 151 cm³/mol. The standard InChI is InChI=1S/C30H36N6O2/c1-4-9-26(34-28-18-13-24(20-31)22-32-28)12-8-19-36(30(38)33-21-23-10-6-5-7-11-23)27-16-14-25(15-17-27)29(37)35(2)3/h5-7,10-11,13-18,22,26H,4,8-9,12,19,21H2,1-3H3,(H,32,34)(H,33,38)/t26-/m0/s1. The molecule has 0 aliphatic carbocycles. The van der Waals surface area contributed by atoms with Gasteiger partial charge in [-0.15, -0.1) is 0 Å². The third kappa shape index (κ3) is 8.34. The van der Waals surface area contributed by atoms with Crippen LogP contribution in [0.15, 0.2) is 72.9 Å². The Balaban J connectivity index is 1.69. The maximum atomic E-state index is 13.3. The lowest BCUT2D eigenvalue weighted by atomic mass is 10.1. The van der Waals surface area contributed by atoms with E-state index in [1.807, 2.05) is 48.5 Å². The van der Waals surface area contributed by atoms with Gasteiger partial charge in [0, 0.05) is 50.7 Å². The lowest BCUT2D eigenvalue weighted by molar-refractivity contribution is 0.0827. The Labute approximate surface area is 225 Å². The maximum absolute atomic E-state index is 13.3. The van der Waals surface area contributed by atoms with Crippen LogP contribution in [0, 0.1) is 11.3 Å². The zero-order chi connectivity index (χ0) is 27.3. The third-order valence-electron chi connectivity index (χ3n) is 6.18. The zero-order valence-corrected chi connectivity index (χ0v) is 22.4. The Morgan fingerprint density at radius 2 is 1.74 bits per heavy atom. The Morgan fingerprint density at radius 3 is 2.34 bits per heavy atom. The van der Waals surface area contributed by atoms with Crippen molar-refractivity contribution in [3.05, 3.63) is 89.6 Å². The van der Waals surface area contributed by atoms with Crippen LogP contribution in [-0.4, -0.2) is 48.5 Å². The van der Waals surface area contributed by atoms with Crippen molar-refractivity contribution in [3.63, 3.8) is 0 Å². The van der Waals surface area contributed by atoms with E-state index in [1.165, 1.54) is 4.90 Å². The number of carbonyl (C=O) groups is 2. The highest BCUT2D eigenvalue weighted by Gasteiger charge is 2.18. The van der Waals surface area contributed by atoms with Gasteiger partial charge in [0.1, 0.15) is 11.9 Å². The summed E-state index contributed by atoms with van der Waals surface area (Å²) in [5.74, 6) is 0.655. The van der Waals surface area contributed by atoms with Crippen LogP contribution in [0.5, 0.6) is 0 Å². The summed E-state index contributed by atoms with van der Waals surface area (Å²) >= 11 is 0. The van der Waals surface area contributed by atoms with Gasteiger partial charge in [-0.2, -0.15) is 5.26 Å². The topological polar surface area (TPSA) is 101 Å². The summed E-state index contributed by atoms with van der Waals surface area (Å²) in [6.45, 7) is 3.09. The van der Waals surface area contributed by atoms with Gasteiger partial charge in [0.05, 0.1) is 5.56 Å². The van der Waals surface area contributed by atoms with Gasteiger partial charge in [-0.1, -0.05) is 43.7 Å². The van der Waals surface area contributed by atoms with Crippen molar-refractivity contribution in [2.24, 2.45) is 0 Å². The molecule has 3 rings (SSSR count). The van der Waals surface area contributed by atoms with Crippen molar-refractivity contribution in [2.45, 2.75) is 45.2 Å². The number of hydrogen-bond acceptors (Lipinski definition) is 5. The van der Waals surface area contributed by atoms with Gasteiger partial charge in [0.15, 0.2) is 0 Å². The summed E-state index contributed by atoms with van der Waals surface area (Å²) in [6.07, 6.45) is 5.15. The van der Waals surface area contributed by atoms with Gasteiger partial charge in [-0.25, -0.2) is 9.78 Å². The first-order valence-corrected chi connectivity index (χ1v) is 12.9. The molecule has 8 nitrogen and oxygen atoms in total. The summed E-state index contributed by atoms with van der Waals surface area (Å²) in [4.78, 5) is 33.2. The molecule has 0 bridgehead atoms. The Bertz CT molecular complexity index is 1200. The van der Waals surface area contributed by atoms with E-state index in [0.717, 1.165) is 42.8 Å². The highest BCUT2D eigenvalue weighted by molar-refractivity contribution is 5.96. The number of urea groups is 1. The zero-order valence-electron chi connectivity index (χ0n) is 22.4. The van der Waals surface area contributed by atoms with Gasteiger partial charge in [-0.3, -0.25) is 9.69 Å². The Hall–Kier alpha value is -4.38. The molecule has 0 fully saturated rings. The van der Waals surface area contributed by atoms with Gasteiger partial charge in [-0.05, 0) is 61.2 Å². The van der Waals surface area contributed by atoms with E-state index < -0.39 is 0 Å². The molecule has 198 valence electrons. The fourth-order valence-electron chi connectivity index (χ4n) is 4.15. The van der Waals surface area contributed by atoms with Crippen LogP contribution in [0.25, 0.3) is 0 Å². The SMILES string of the molecule is CCC[C@@H](CCCN(C(=O)NCc1ccccc1)c1ccc(C(=O)N(C)C)cc1)Nc1ccc(C#N)cn1. The normalized spacial score (nSPS) is 11.2. The number of anilines is 2. The third-order valence-corrected chi connectivity index (χ3v) is 6.18. The number of rotatable bonds is 12. The highest BCUT2D eigenvalue weighted by atomic mass is 16.2. The highest BCUT2D eigenvalue weighted by Crippen LogP contribution is 2.19. The molecule has 1 aromatic heterocycles. The van der Waals surface area contributed by atoms with Gasteiger partial charge < -0.3 is 15.5 Å². The number of amides is 3. The molecule has 8 heteroatoms. The second-order valence-electron chi connectivity index (χ2n) is 9.36. The molecule has 0 saturated heterocycles. The smallest absolute Gasteiger partial charge is 0.322 e. The summed E-state index contributed by atoms with van der Waals surface area (Å²) < 4.78 is 0. The van der Waals surface area contributed by atoms with Gasteiger partial charge in [0.25, 0.3) is 5.91 Å². The van der Waals surface area contributed by atoms with Gasteiger partial charge in [0.2, 0.25) is 0 Å². The fraction of sp³-hybridized carbons (Fsp3) is 0.333. The molecule has 0 aliphatic heterocycles. The first kappa shape index (κ1) is 28.2. The van der Waals surface area contributed by atoms with Crippen molar-refractivity contribution in [2.75, 3.05) is 30.9 Å². The molecule has 3 aromatic rings. The van der Waals surface area contributed by atoms with E-state index in [-0.39, 0.29) is 18.0 Å². The monoisotopic (exact) mass is 512 g/mol. The molecule has 0 unspecified atom stereocenters. The number of aromatic nitrogens is 1. The Morgan fingerprint density at radius 1 is 1.00 bits per heavy atom. The lowest BCUT2D eigenvalue weighted by Gasteiger charge is -2.25. The van der Waals surface area contributed by atoms with Crippen LogP contribution in [0.4, 0.5) is 16.3 Å². The number of carbonyl (C=O) groups excluding carboxylic acids is 2. The minimum absolute atomic E-state index is 0.0819. The van der Waals surface area contributed by atoms with E-state index >= 15 is 0 Å². The lowest BCUT2D eigenvalue weighted by Crippen LogP contribution is -2.40. The van der Waals surface area contributed by atoms with E-state index in [1.54, 1.807) is 43.4 Å². The van der Waals surface area contributed by atoms with Crippen molar-refractivity contribution >= 4 is 23.4 Å². The molecule has 3 amide bonds. The van der Waals surface area contributed by atoms with Crippen molar-refractivity contribution in [1.29, 1.82) is 5.26 Å². The van der Waals surface area contributed by atoms with E-state index in [9.17, 15) is 9.59 Å². The minimum Gasteiger partial charge on any atom is -0.367 e. The van der Waals surface area contributed by atoms with Crippen LogP contribution in [0.3, 0.4) is 0 Å². The summed E-state index contributed by atoms with van der Waals surface area (Å²) in [5.41, 5.74) is 2.86. The van der Waals surface area contributed by atoms with Crippen molar-refractivity contribution in [1.82, 2.24) is 15.2 Å². The van der Waals surface area contributed by atoms with Crippen LogP contribution in [0.2, 0.25) is 0 Å². The molecule has 38 heavy (non-hydrogen) atoms. The average Bonchev–Trinajstić information content (AvgIpc) is 2.94.